The van der Waals surface area contributed by atoms with Crippen molar-refractivity contribution in [3.05, 3.63) is 62.7 Å². The molecule has 0 N–H and O–H groups in total. The third-order valence-electron chi connectivity index (χ3n) is 3.43. The van der Waals surface area contributed by atoms with E-state index in [0.717, 1.165) is 0 Å². The van der Waals surface area contributed by atoms with Crippen LogP contribution in [-0.2, 0) is 4.84 Å². The maximum Gasteiger partial charge on any atom is 0.269 e. The molecular formula is C17H17ClN2O5. The highest BCUT2D eigenvalue weighted by atomic mass is 35.5. The molecule has 0 aliphatic carbocycles. The molecule has 25 heavy (non-hydrogen) atoms. The Balaban J connectivity index is 2.11. The molecule has 0 saturated heterocycles. The molecule has 0 aromatic heterocycles. The molecule has 2 aromatic rings. The molecule has 132 valence electrons. The minimum Gasteiger partial charge on any atom is -0.493 e. The fourth-order valence-electron chi connectivity index (χ4n) is 2.15. The largest absolute Gasteiger partial charge is 0.493 e. The Hall–Kier alpha value is -2.80. The fourth-order valence-corrected chi connectivity index (χ4v) is 2.44. The Bertz CT molecular complexity index is 795. The molecule has 0 spiro atoms. The molecule has 0 amide bonds. The van der Waals surface area contributed by atoms with Crippen LogP contribution >= 0.6 is 11.6 Å². The lowest BCUT2D eigenvalue weighted by atomic mass is 10.1. The maximum atomic E-state index is 10.8. The number of nitro groups is 1. The summed E-state index contributed by atoms with van der Waals surface area (Å²) < 4.78 is 10.4. The van der Waals surface area contributed by atoms with Crippen LogP contribution in [0.1, 0.15) is 24.2 Å². The van der Waals surface area contributed by atoms with Gasteiger partial charge < -0.3 is 14.3 Å². The predicted octanol–water partition coefficient (Wildman–Crippen LogP) is 4.38. The normalized spacial score (nSPS) is 12.0. The van der Waals surface area contributed by atoms with Crippen LogP contribution in [0.5, 0.6) is 11.5 Å². The van der Waals surface area contributed by atoms with Crippen LogP contribution in [-0.4, -0.2) is 25.4 Å². The molecule has 0 aliphatic rings. The van der Waals surface area contributed by atoms with E-state index in [-0.39, 0.29) is 5.69 Å². The number of rotatable bonds is 7. The van der Waals surface area contributed by atoms with Crippen LogP contribution in [0.25, 0.3) is 0 Å². The molecule has 0 saturated carbocycles. The van der Waals surface area contributed by atoms with Gasteiger partial charge in [-0.25, -0.2) is 0 Å². The van der Waals surface area contributed by atoms with E-state index in [1.807, 2.05) is 0 Å². The summed E-state index contributed by atoms with van der Waals surface area (Å²) in [4.78, 5) is 15.7. The average molecular weight is 365 g/mol. The Morgan fingerprint density at radius 2 is 2.00 bits per heavy atom. The molecule has 0 aliphatic heterocycles. The number of hydrogen-bond donors (Lipinski definition) is 0. The Morgan fingerprint density at radius 1 is 1.24 bits per heavy atom. The summed E-state index contributed by atoms with van der Waals surface area (Å²) in [7, 11) is 3.01. The van der Waals surface area contributed by atoms with E-state index in [1.165, 1.54) is 32.6 Å². The van der Waals surface area contributed by atoms with Crippen molar-refractivity contribution >= 4 is 23.5 Å². The van der Waals surface area contributed by atoms with E-state index in [0.29, 0.717) is 27.6 Å². The monoisotopic (exact) mass is 364 g/mol. The zero-order chi connectivity index (χ0) is 18.4. The molecule has 0 fully saturated rings. The second-order valence-corrected chi connectivity index (χ2v) is 5.48. The molecule has 0 unspecified atom stereocenters. The summed E-state index contributed by atoms with van der Waals surface area (Å²) in [5, 5.41) is 15.1. The topological polar surface area (TPSA) is 83.2 Å². The zero-order valence-corrected chi connectivity index (χ0v) is 14.7. The second kappa shape index (κ2) is 8.34. The summed E-state index contributed by atoms with van der Waals surface area (Å²) >= 11 is 6.13. The van der Waals surface area contributed by atoms with Gasteiger partial charge in [0.25, 0.3) is 5.69 Å². The Morgan fingerprint density at radius 3 is 2.64 bits per heavy atom. The molecule has 2 aromatic carbocycles. The third kappa shape index (κ3) is 4.60. The summed E-state index contributed by atoms with van der Waals surface area (Å²) in [5.41, 5.74) is 1.31. The van der Waals surface area contributed by atoms with E-state index in [9.17, 15) is 10.1 Å². The van der Waals surface area contributed by atoms with Gasteiger partial charge in [-0.15, -0.1) is 0 Å². The second-order valence-electron chi connectivity index (χ2n) is 5.07. The van der Waals surface area contributed by atoms with Gasteiger partial charge in [-0.05, 0) is 19.1 Å². The van der Waals surface area contributed by atoms with E-state index >= 15 is 0 Å². The third-order valence-corrected chi connectivity index (χ3v) is 3.71. The minimum absolute atomic E-state index is 0.00334. The number of ether oxygens (including phenoxy) is 2. The first-order valence-corrected chi connectivity index (χ1v) is 7.69. The van der Waals surface area contributed by atoms with Crippen molar-refractivity contribution in [2.24, 2.45) is 5.16 Å². The zero-order valence-electron chi connectivity index (χ0n) is 13.9. The summed E-state index contributed by atoms with van der Waals surface area (Å²) in [5.74, 6) is 0.912. The highest BCUT2D eigenvalue weighted by Crippen LogP contribution is 2.35. The fraction of sp³-hybridized carbons (Fsp3) is 0.235. The molecule has 0 bridgehead atoms. The van der Waals surface area contributed by atoms with Crippen molar-refractivity contribution in [3.63, 3.8) is 0 Å². The highest BCUT2D eigenvalue weighted by molar-refractivity contribution is 6.32. The van der Waals surface area contributed by atoms with Gasteiger partial charge in [-0.3, -0.25) is 10.1 Å². The standard InChI is InChI=1S/C17H17ClN2O5/c1-11(13-5-4-6-14(9-13)20(21)22)25-19-10-12-7-15(18)17(24-3)16(8-12)23-2/h4-11H,1-3H3/b19-10-/t11-/m1/s1. The lowest BCUT2D eigenvalue weighted by Gasteiger charge is -2.11. The SMILES string of the molecule is COc1cc(/C=N\O[C@H](C)c2cccc([N+](=O)[O-])c2)cc(Cl)c1OC. The van der Waals surface area contributed by atoms with Crippen LogP contribution in [0, 0.1) is 10.1 Å². The lowest BCUT2D eigenvalue weighted by Crippen LogP contribution is -1.98. The molecule has 0 heterocycles. The summed E-state index contributed by atoms with van der Waals surface area (Å²) in [6.45, 7) is 1.75. The molecule has 2 rings (SSSR count). The predicted molar refractivity (Wildman–Crippen MR) is 94.7 cm³/mol. The van der Waals surface area contributed by atoms with Crippen LogP contribution in [0.15, 0.2) is 41.6 Å². The molecule has 8 heteroatoms. The average Bonchev–Trinajstić information content (AvgIpc) is 2.61. The van der Waals surface area contributed by atoms with Gasteiger partial charge in [0.1, 0.15) is 6.10 Å². The van der Waals surface area contributed by atoms with Crippen molar-refractivity contribution in [1.82, 2.24) is 0 Å². The van der Waals surface area contributed by atoms with Gasteiger partial charge in [-0.2, -0.15) is 0 Å². The number of non-ortho nitro benzene ring substituents is 1. The Kier molecular flexibility index (Phi) is 6.19. The van der Waals surface area contributed by atoms with Crippen molar-refractivity contribution in [1.29, 1.82) is 0 Å². The smallest absolute Gasteiger partial charge is 0.269 e. The van der Waals surface area contributed by atoms with Crippen molar-refractivity contribution in [2.75, 3.05) is 14.2 Å². The number of hydrogen-bond acceptors (Lipinski definition) is 6. The van der Waals surface area contributed by atoms with E-state index in [2.05, 4.69) is 5.16 Å². The van der Waals surface area contributed by atoms with Gasteiger partial charge in [0, 0.05) is 23.3 Å². The van der Waals surface area contributed by atoms with Crippen LogP contribution in [0.2, 0.25) is 5.02 Å². The van der Waals surface area contributed by atoms with E-state index in [1.54, 1.807) is 31.2 Å². The minimum atomic E-state index is -0.453. The summed E-state index contributed by atoms with van der Waals surface area (Å²) in [6.07, 6.45) is 1.02. The van der Waals surface area contributed by atoms with Crippen molar-refractivity contribution in [2.45, 2.75) is 13.0 Å². The van der Waals surface area contributed by atoms with Gasteiger partial charge in [-0.1, -0.05) is 28.9 Å². The maximum absolute atomic E-state index is 10.8. The number of oxime groups is 1. The molecule has 0 radical (unpaired) electrons. The van der Waals surface area contributed by atoms with Crippen molar-refractivity contribution < 1.29 is 19.2 Å². The van der Waals surface area contributed by atoms with Gasteiger partial charge in [0.15, 0.2) is 11.5 Å². The van der Waals surface area contributed by atoms with Gasteiger partial charge in [0.2, 0.25) is 0 Å². The lowest BCUT2D eigenvalue weighted by molar-refractivity contribution is -0.385. The molecule has 7 nitrogen and oxygen atoms in total. The number of halogens is 1. The van der Waals surface area contributed by atoms with Crippen LogP contribution in [0.3, 0.4) is 0 Å². The van der Waals surface area contributed by atoms with E-state index < -0.39 is 11.0 Å². The number of nitrogens with zero attached hydrogens (tertiary/aromatic N) is 2. The number of nitro benzene ring substituents is 1. The summed E-state index contributed by atoms with van der Waals surface area (Å²) in [6, 6.07) is 9.58. The highest BCUT2D eigenvalue weighted by Gasteiger charge is 2.12. The van der Waals surface area contributed by atoms with Crippen LogP contribution in [0.4, 0.5) is 5.69 Å². The number of benzene rings is 2. The Labute approximate surface area is 149 Å². The number of methoxy groups -OCH3 is 2. The van der Waals surface area contributed by atoms with Crippen molar-refractivity contribution in [3.8, 4) is 11.5 Å². The first-order chi connectivity index (χ1) is 12.0. The van der Waals surface area contributed by atoms with Gasteiger partial charge in [0.05, 0.1) is 30.4 Å². The van der Waals surface area contributed by atoms with E-state index in [4.69, 9.17) is 25.9 Å². The molecule has 1 atom stereocenters. The van der Waals surface area contributed by atoms with Crippen LogP contribution < -0.4 is 9.47 Å². The molecular weight excluding hydrogens is 348 g/mol. The first kappa shape index (κ1) is 18.5. The van der Waals surface area contributed by atoms with Gasteiger partial charge >= 0.3 is 0 Å². The quantitative estimate of drug-likeness (QED) is 0.413. The first-order valence-electron chi connectivity index (χ1n) is 7.31.